The van der Waals surface area contributed by atoms with Crippen molar-refractivity contribution in [2.45, 2.75) is 0 Å². The van der Waals surface area contributed by atoms with Crippen LogP contribution >= 0.6 is 9.24 Å². The Hall–Kier alpha value is -2.91. The van der Waals surface area contributed by atoms with E-state index in [4.69, 9.17) is 5.73 Å². The molecule has 3 aromatic rings. The number of hydrogen-bond acceptors (Lipinski definition) is 4. The molecular weight excluding hydrogens is 319 g/mol. The number of nitrogens with two attached hydrogens (primary N) is 1. The van der Waals surface area contributed by atoms with Gasteiger partial charge in [-0.25, -0.2) is 0 Å². The molecule has 2 aromatic carbocycles. The molecule has 1 atom stereocenters. The normalized spacial score (nSPS) is 10.2. The molecular formula is C18H17N4OP. The van der Waals surface area contributed by atoms with Crippen LogP contribution in [-0.4, -0.2) is 10.9 Å². The van der Waals surface area contributed by atoms with Crippen LogP contribution in [0.1, 0.15) is 10.4 Å². The number of nitrogens with one attached hydrogen (secondary N) is 2. The molecule has 1 amide bonds. The van der Waals surface area contributed by atoms with Crippen molar-refractivity contribution >= 4 is 43.3 Å². The molecule has 1 unspecified atom stereocenters. The topological polar surface area (TPSA) is 80.0 Å². The summed E-state index contributed by atoms with van der Waals surface area (Å²) in [6.07, 6.45) is 1.73. The summed E-state index contributed by atoms with van der Waals surface area (Å²) >= 11 is 0. The molecule has 0 aliphatic rings. The SMILES string of the molecule is Nc1ccc(C(=O)Nc2cccc(Nc3ccnc(P)c3)c2)cc1. The van der Waals surface area contributed by atoms with Crippen molar-refractivity contribution in [1.29, 1.82) is 0 Å². The Kier molecular flexibility index (Phi) is 4.73. The number of anilines is 4. The summed E-state index contributed by atoms with van der Waals surface area (Å²) in [5.74, 6) is -0.177. The smallest absolute Gasteiger partial charge is 0.255 e. The highest BCUT2D eigenvalue weighted by Gasteiger charge is 2.06. The lowest BCUT2D eigenvalue weighted by molar-refractivity contribution is 0.102. The number of benzene rings is 2. The lowest BCUT2D eigenvalue weighted by atomic mass is 10.2. The van der Waals surface area contributed by atoms with Gasteiger partial charge in [-0.05, 0) is 54.6 Å². The Labute approximate surface area is 142 Å². The minimum atomic E-state index is -0.177. The Morgan fingerprint density at radius 3 is 2.42 bits per heavy atom. The van der Waals surface area contributed by atoms with Gasteiger partial charge in [0.05, 0.1) is 5.44 Å². The highest BCUT2D eigenvalue weighted by molar-refractivity contribution is 7.26. The molecule has 1 aromatic heterocycles. The Morgan fingerprint density at radius 2 is 1.67 bits per heavy atom. The Balaban J connectivity index is 1.73. The fourth-order valence-corrected chi connectivity index (χ4v) is 2.47. The van der Waals surface area contributed by atoms with Crippen LogP contribution in [0.3, 0.4) is 0 Å². The number of amides is 1. The van der Waals surface area contributed by atoms with Crippen LogP contribution in [0.5, 0.6) is 0 Å². The largest absolute Gasteiger partial charge is 0.399 e. The van der Waals surface area contributed by atoms with E-state index in [1.54, 1.807) is 30.5 Å². The van der Waals surface area contributed by atoms with Crippen molar-refractivity contribution < 1.29 is 4.79 Å². The summed E-state index contributed by atoms with van der Waals surface area (Å²) in [6.45, 7) is 0. The minimum absolute atomic E-state index is 0.177. The summed E-state index contributed by atoms with van der Waals surface area (Å²) in [5.41, 5.74) is 10.2. The van der Waals surface area contributed by atoms with E-state index in [2.05, 4.69) is 24.9 Å². The van der Waals surface area contributed by atoms with Gasteiger partial charge in [0.2, 0.25) is 0 Å². The van der Waals surface area contributed by atoms with E-state index in [9.17, 15) is 4.79 Å². The van der Waals surface area contributed by atoms with E-state index < -0.39 is 0 Å². The summed E-state index contributed by atoms with van der Waals surface area (Å²) < 4.78 is 0. The average Bonchev–Trinajstić information content (AvgIpc) is 2.56. The maximum atomic E-state index is 12.3. The number of rotatable bonds is 4. The van der Waals surface area contributed by atoms with Crippen molar-refractivity contribution in [2.24, 2.45) is 0 Å². The van der Waals surface area contributed by atoms with Crippen LogP contribution in [0.15, 0.2) is 66.9 Å². The molecule has 0 spiro atoms. The zero-order valence-electron chi connectivity index (χ0n) is 12.9. The molecule has 120 valence electrons. The molecule has 0 aliphatic carbocycles. The van der Waals surface area contributed by atoms with Gasteiger partial charge in [0, 0.05) is 34.5 Å². The van der Waals surface area contributed by atoms with E-state index >= 15 is 0 Å². The van der Waals surface area contributed by atoms with Gasteiger partial charge in [0.15, 0.2) is 0 Å². The van der Waals surface area contributed by atoms with Gasteiger partial charge in [-0.1, -0.05) is 15.3 Å². The molecule has 0 bridgehead atoms. The van der Waals surface area contributed by atoms with E-state index in [0.717, 1.165) is 16.8 Å². The molecule has 4 N–H and O–H groups in total. The minimum Gasteiger partial charge on any atom is -0.399 e. The predicted molar refractivity (Wildman–Crippen MR) is 102 cm³/mol. The fraction of sp³-hybridized carbons (Fsp3) is 0. The molecule has 24 heavy (non-hydrogen) atoms. The lowest BCUT2D eigenvalue weighted by Gasteiger charge is -2.10. The lowest BCUT2D eigenvalue weighted by Crippen LogP contribution is -2.11. The first kappa shape index (κ1) is 16.0. The number of pyridine rings is 1. The summed E-state index contributed by atoms with van der Waals surface area (Å²) in [4.78, 5) is 16.4. The average molecular weight is 336 g/mol. The maximum absolute atomic E-state index is 12.3. The number of carbonyl (C=O) groups is 1. The Morgan fingerprint density at radius 1 is 0.958 bits per heavy atom. The van der Waals surface area contributed by atoms with Gasteiger partial charge < -0.3 is 16.4 Å². The van der Waals surface area contributed by atoms with E-state index in [0.29, 0.717) is 16.9 Å². The zero-order chi connectivity index (χ0) is 16.9. The molecule has 0 aliphatic heterocycles. The van der Waals surface area contributed by atoms with Crippen LogP contribution in [0.25, 0.3) is 0 Å². The van der Waals surface area contributed by atoms with Crippen LogP contribution in [0, 0.1) is 0 Å². The highest BCUT2D eigenvalue weighted by Crippen LogP contribution is 2.20. The van der Waals surface area contributed by atoms with Crippen LogP contribution in [-0.2, 0) is 0 Å². The first-order valence-corrected chi connectivity index (χ1v) is 7.93. The van der Waals surface area contributed by atoms with Crippen molar-refractivity contribution in [2.75, 3.05) is 16.4 Å². The molecule has 0 fully saturated rings. The Bertz CT molecular complexity index is 865. The molecule has 0 saturated heterocycles. The predicted octanol–water partition coefficient (Wildman–Crippen LogP) is 3.16. The van der Waals surface area contributed by atoms with Gasteiger partial charge in [-0.2, -0.15) is 0 Å². The van der Waals surface area contributed by atoms with Crippen molar-refractivity contribution in [3.63, 3.8) is 0 Å². The van der Waals surface area contributed by atoms with Crippen molar-refractivity contribution in [3.05, 3.63) is 72.4 Å². The highest BCUT2D eigenvalue weighted by atomic mass is 31.0. The number of carbonyl (C=O) groups excluding carboxylic acids is 1. The monoisotopic (exact) mass is 336 g/mol. The quantitative estimate of drug-likeness (QED) is 0.505. The summed E-state index contributed by atoms with van der Waals surface area (Å²) in [7, 11) is 2.56. The second kappa shape index (κ2) is 7.11. The number of aromatic nitrogens is 1. The second-order valence-corrected chi connectivity index (χ2v) is 5.84. The van der Waals surface area contributed by atoms with Crippen LogP contribution in [0.2, 0.25) is 0 Å². The summed E-state index contributed by atoms with van der Waals surface area (Å²) in [6, 6.07) is 18.1. The summed E-state index contributed by atoms with van der Waals surface area (Å²) in [5, 5.41) is 6.16. The van der Waals surface area contributed by atoms with E-state index in [-0.39, 0.29) is 5.91 Å². The second-order valence-electron chi connectivity index (χ2n) is 5.25. The van der Waals surface area contributed by atoms with E-state index in [1.807, 2.05) is 36.4 Å². The van der Waals surface area contributed by atoms with Crippen molar-refractivity contribution in [3.8, 4) is 0 Å². The van der Waals surface area contributed by atoms with Crippen LogP contribution in [0.4, 0.5) is 22.7 Å². The molecule has 3 rings (SSSR count). The molecule has 0 saturated carbocycles. The maximum Gasteiger partial charge on any atom is 0.255 e. The third kappa shape index (κ3) is 4.09. The van der Waals surface area contributed by atoms with E-state index in [1.165, 1.54) is 0 Å². The third-order valence-electron chi connectivity index (χ3n) is 3.36. The molecule has 1 heterocycles. The first-order valence-electron chi connectivity index (χ1n) is 7.36. The van der Waals surface area contributed by atoms with Crippen molar-refractivity contribution in [1.82, 2.24) is 4.98 Å². The molecule has 6 heteroatoms. The zero-order valence-corrected chi connectivity index (χ0v) is 14.0. The van der Waals surface area contributed by atoms with Gasteiger partial charge in [0.25, 0.3) is 5.91 Å². The molecule has 0 radical (unpaired) electrons. The standard InChI is InChI=1S/C18H17N4OP/c19-13-6-4-12(5-7-13)18(23)22-15-3-1-2-14(10-15)21-16-8-9-20-17(24)11-16/h1-11H,19,24H2,(H,20,21)(H,22,23). The van der Waals surface area contributed by atoms with Gasteiger partial charge in [-0.15, -0.1) is 0 Å². The van der Waals surface area contributed by atoms with Crippen LogP contribution < -0.4 is 21.8 Å². The first-order chi connectivity index (χ1) is 11.6. The number of hydrogen-bond donors (Lipinski definition) is 3. The number of nitrogen functional groups attached to an aromatic ring is 1. The third-order valence-corrected chi connectivity index (χ3v) is 3.68. The van der Waals surface area contributed by atoms with Gasteiger partial charge >= 0.3 is 0 Å². The van der Waals surface area contributed by atoms with Gasteiger partial charge in [0.1, 0.15) is 0 Å². The number of nitrogens with zero attached hydrogens (tertiary/aromatic N) is 1. The fourth-order valence-electron chi connectivity index (χ4n) is 2.21. The van der Waals surface area contributed by atoms with Gasteiger partial charge in [-0.3, -0.25) is 9.78 Å². The molecule has 5 nitrogen and oxygen atoms in total.